The lowest BCUT2D eigenvalue weighted by Gasteiger charge is -2.14. The van der Waals surface area contributed by atoms with Crippen molar-refractivity contribution in [2.24, 2.45) is 0 Å². The molecule has 200 valence electrons. The van der Waals surface area contributed by atoms with Crippen molar-refractivity contribution in [3.63, 3.8) is 0 Å². The second-order valence-corrected chi connectivity index (χ2v) is 9.76. The molecule has 5 aromatic rings. The van der Waals surface area contributed by atoms with Crippen molar-refractivity contribution in [2.45, 2.75) is 26.4 Å². The minimum Gasteiger partial charge on any atom is -0.478 e. The van der Waals surface area contributed by atoms with Gasteiger partial charge in [-0.25, -0.2) is 4.79 Å². The number of rotatable bonds is 8. The maximum absolute atomic E-state index is 13.0. The Morgan fingerprint density at radius 3 is 2.35 bits per heavy atom. The zero-order valence-corrected chi connectivity index (χ0v) is 22.0. The van der Waals surface area contributed by atoms with Gasteiger partial charge >= 0.3 is 5.97 Å². The molecule has 0 aliphatic rings. The molecule has 0 spiro atoms. The van der Waals surface area contributed by atoms with Crippen molar-refractivity contribution >= 4 is 28.5 Å². The van der Waals surface area contributed by atoms with Crippen molar-refractivity contribution in [1.29, 1.82) is 0 Å². The van der Waals surface area contributed by atoms with E-state index in [1.165, 1.54) is 12.1 Å². The van der Waals surface area contributed by atoms with Crippen LogP contribution in [-0.4, -0.2) is 26.5 Å². The van der Waals surface area contributed by atoms with Gasteiger partial charge in [0, 0.05) is 41.3 Å². The molecule has 1 heterocycles. The Morgan fingerprint density at radius 1 is 0.975 bits per heavy atom. The third-order valence-corrected chi connectivity index (χ3v) is 7.07. The molecule has 0 saturated carbocycles. The Labute approximate surface area is 230 Å². The fourth-order valence-corrected chi connectivity index (χ4v) is 4.90. The first-order chi connectivity index (χ1) is 19.2. The Kier molecular flexibility index (Phi) is 7.16. The van der Waals surface area contributed by atoms with Crippen LogP contribution in [-0.2, 0) is 6.54 Å². The average Bonchev–Trinajstić information content (AvgIpc) is 3.27. The molecule has 4 aromatic carbocycles. The van der Waals surface area contributed by atoms with E-state index in [0.29, 0.717) is 17.7 Å². The minimum absolute atomic E-state index is 0.00665. The summed E-state index contributed by atoms with van der Waals surface area (Å²) < 4.78 is 2.13. The van der Waals surface area contributed by atoms with E-state index >= 15 is 0 Å². The molecular formula is C32H27N3O5. The number of carboxylic acids is 1. The third kappa shape index (κ3) is 5.33. The smallest absolute Gasteiger partial charge is 0.336 e. The zero-order valence-electron chi connectivity index (χ0n) is 22.0. The topological polar surface area (TPSA) is 114 Å². The van der Waals surface area contributed by atoms with Gasteiger partial charge in [-0.05, 0) is 65.9 Å². The standard InChI is InChI=1S/C32H27N3O5/c1-20-18-34(19-22-7-9-24(10-8-22)27-5-3-4-6-28(27)32(37)38)30-16-13-25(17-29(20)30)31(36)33-21(2)23-11-14-26(15-12-23)35(39)40/h3-18,21H,19H2,1-2H3,(H,33,36)(H,37,38). The van der Waals surface area contributed by atoms with Crippen LogP contribution in [0.5, 0.6) is 0 Å². The van der Waals surface area contributed by atoms with Crippen LogP contribution in [0.1, 0.15) is 50.4 Å². The summed E-state index contributed by atoms with van der Waals surface area (Å²) in [5.74, 6) is -1.18. The highest BCUT2D eigenvalue weighted by Gasteiger charge is 2.16. The van der Waals surface area contributed by atoms with Crippen LogP contribution in [0.25, 0.3) is 22.0 Å². The molecule has 5 rings (SSSR count). The summed E-state index contributed by atoms with van der Waals surface area (Å²) in [5.41, 5.74) is 6.20. The lowest BCUT2D eigenvalue weighted by molar-refractivity contribution is -0.384. The van der Waals surface area contributed by atoms with Crippen LogP contribution in [0.2, 0.25) is 0 Å². The lowest BCUT2D eigenvalue weighted by Crippen LogP contribution is -2.26. The number of aromatic carboxylic acids is 1. The van der Waals surface area contributed by atoms with E-state index in [-0.39, 0.29) is 23.2 Å². The first kappa shape index (κ1) is 26.4. The molecule has 1 amide bonds. The number of fused-ring (bicyclic) bond motifs is 1. The summed E-state index contributed by atoms with van der Waals surface area (Å²) in [6.07, 6.45) is 2.06. The number of amides is 1. The zero-order chi connectivity index (χ0) is 28.4. The average molecular weight is 534 g/mol. The fourth-order valence-electron chi connectivity index (χ4n) is 4.90. The molecule has 0 fully saturated rings. The number of aromatic nitrogens is 1. The van der Waals surface area contributed by atoms with Gasteiger partial charge in [-0.15, -0.1) is 0 Å². The summed E-state index contributed by atoms with van der Waals surface area (Å²) in [7, 11) is 0. The second kappa shape index (κ2) is 10.9. The van der Waals surface area contributed by atoms with E-state index in [0.717, 1.165) is 33.2 Å². The fraction of sp³-hybridized carbons (Fsp3) is 0.125. The molecule has 2 N–H and O–H groups in total. The Morgan fingerprint density at radius 2 is 1.68 bits per heavy atom. The number of hydrogen-bond acceptors (Lipinski definition) is 4. The highest BCUT2D eigenvalue weighted by molar-refractivity contribution is 5.99. The van der Waals surface area contributed by atoms with Gasteiger partial charge in [0.25, 0.3) is 11.6 Å². The van der Waals surface area contributed by atoms with E-state index < -0.39 is 10.9 Å². The number of benzene rings is 4. The number of nitro groups is 1. The van der Waals surface area contributed by atoms with Gasteiger partial charge in [0.05, 0.1) is 16.5 Å². The van der Waals surface area contributed by atoms with Crippen molar-refractivity contribution in [3.8, 4) is 11.1 Å². The molecule has 0 saturated heterocycles. The number of non-ortho nitro benzene ring substituents is 1. The van der Waals surface area contributed by atoms with Gasteiger partial charge in [-0.2, -0.15) is 0 Å². The highest BCUT2D eigenvalue weighted by atomic mass is 16.6. The molecule has 1 unspecified atom stereocenters. The highest BCUT2D eigenvalue weighted by Crippen LogP contribution is 2.27. The number of nitrogens with zero attached hydrogens (tertiary/aromatic N) is 2. The van der Waals surface area contributed by atoms with Crippen LogP contribution >= 0.6 is 0 Å². The molecule has 8 heteroatoms. The van der Waals surface area contributed by atoms with Gasteiger partial charge in [0.15, 0.2) is 0 Å². The van der Waals surface area contributed by atoms with E-state index in [4.69, 9.17) is 0 Å². The van der Waals surface area contributed by atoms with Crippen LogP contribution in [0.4, 0.5) is 5.69 Å². The van der Waals surface area contributed by atoms with Crippen molar-refractivity contribution < 1.29 is 19.6 Å². The molecule has 0 radical (unpaired) electrons. The summed E-state index contributed by atoms with van der Waals surface area (Å²) >= 11 is 0. The van der Waals surface area contributed by atoms with Gasteiger partial charge in [-0.1, -0.05) is 54.6 Å². The first-order valence-corrected chi connectivity index (χ1v) is 12.8. The SMILES string of the molecule is Cc1cn(Cc2ccc(-c3ccccc3C(=O)O)cc2)c2ccc(C(=O)NC(C)c3ccc([N+](=O)[O-])cc3)cc12. The van der Waals surface area contributed by atoms with Crippen molar-refractivity contribution in [2.75, 3.05) is 0 Å². The molecule has 1 aromatic heterocycles. The lowest BCUT2D eigenvalue weighted by atomic mass is 9.99. The maximum atomic E-state index is 13.0. The summed E-state index contributed by atoms with van der Waals surface area (Å²) in [5, 5.41) is 24.3. The largest absolute Gasteiger partial charge is 0.478 e. The number of carboxylic acid groups (broad SMARTS) is 1. The maximum Gasteiger partial charge on any atom is 0.336 e. The monoisotopic (exact) mass is 533 g/mol. The number of hydrogen-bond donors (Lipinski definition) is 2. The van der Waals surface area contributed by atoms with Crippen LogP contribution < -0.4 is 5.32 Å². The predicted molar refractivity (Wildman–Crippen MR) is 154 cm³/mol. The van der Waals surface area contributed by atoms with Crippen LogP contribution in [0, 0.1) is 17.0 Å². The van der Waals surface area contributed by atoms with E-state index in [1.807, 2.05) is 62.4 Å². The van der Waals surface area contributed by atoms with Gasteiger partial charge < -0.3 is 15.0 Å². The molecule has 40 heavy (non-hydrogen) atoms. The molecule has 8 nitrogen and oxygen atoms in total. The number of carbonyl (C=O) groups is 2. The molecular weight excluding hydrogens is 506 g/mol. The number of aryl methyl sites for hydroxylation is 1. The molecule has 0 aliphatic heterocycles. The molecule has 0 bridgehead atoms. The normalized spacial score (nSPS) is 11.8. The number of nitro benzene ring substituents is 1. The van der Waals surface area contributed by atoms with Crippen molar-refractivity contribution in [1.82, 2.24) is 9.88 Å². The minimum atomic E-state index is -0.956. The summed E-state index contributed by atoms with van der Waals surface area (Å²) in [6, 6.07) is 26.3. The van der Waals surface area contributed by atoms with Crippen LogP contribution in [0.3, 0.4) is 0 Å². The predicted octanol–water partition coefficient (Wildman–Crippen LogP) is 6.76. The van der Waals surface area contributed by atoms with Gasteiger partial charge in [0.2, 0.25) is 0 Å². The van der Waals surface area contributed by atoms with E-state index in [9.17, 15) is 24.8 Å². The quantitative estimate of drug-likeness (QED) is 0.169. The number of nitrogens with one attached hydrogen (secondary N) is 1. The Bertz CT molecular complexity index is 1740. The van der Waals surface area contributed by atoms with Gasteiger partial charge in [0.1, 0.15) is 0 Å². The first-order valence-electron chi connectivity index (χ1n) is 12.8. The van der Waals surface area contributed by atoms with Crippen molar-refractivity contribution in [3.05, 3.63) is 135 Å². The van der Waals surface area contributed by atoms with E-state index in [2.05, 4.69) is 16.1 Å². The summed E-state index contributed by atoms with van der Waals surface area (Å²) in [4.78, 5) is 35.1. The Hall–Kier alpha value is -5.24. The van der Waals surface area contributed by atoms with Gasteiger partial charge in [-0.3, -0.25) is 14.9 Å². The second-order valence-electron chi connectivity index (χ2n) is 9.76. The van der Waals surface area contributed by atoms with Crippen LogP contribution in [0.15, 0.2) is 97.2 Å². The molecule has 0 aliphatic carbocycles. The summed E-state index contributed by atoms with van der Waals surface area (Å²) in [6.45, 7) is 4.46. The Balaban J connectivity index is 1.32. The number of carbonyl (C=O) groups excluding carboxylic acids is 1. The third-order valence-electron chi connectivity index (χ3n) is 7.07. The molecule has 1 atom stereocenters. The van der Waals surface area contributed by atoms with E-state index in [1.54, 1.807) is 30.3 Å².